The van der Waals surface area contributed by atoms with Crippen molar-refractivity contribution in [3.63, 3.8) is 0 Å². The molecule has 0 spiro atoms. The van der Waals surface area contributed by atoms with Gasteiger partial charge in [-0.2, -0.15) is 0 Å². The average Bonchev–Trinajstić information content (AvgIpc) is 3.19. The molecule has 1 atom stereocenters. The number of halogens is 1. The van der Waals surface area contributed by atoms with E-state index in [1.807, 2.05) is 25.1 Å². The lowest BCUT2D eigenvalue weighted by Crippen LogP contribution is -2.39. The Morgan fingerprint density at radius 2 is 2.04 bits per heavy atom. The molecule has 1 aliphatic heterocycles. The molecule has 6 nitrogen and oxygen atoms in total. The number of hydrogen-bond acceptors (Lipinski definition) is 4. The third-order valence-electron chi connectivity index (χ3n) is 4.44. The van der Waals surface area contributed by atoms with Crippen LogP contribution in [0.4, 0.5) is 15.6 Å². The van der Waals surface area contributed by atoms with Gasteiger partial charge in [-0.05, 0) is 42.8 Å². The van der Waals surface area contributed by atoms with Gasteiger partial charge >= 0.3 is 6.03 Å². The highest BCUT2D eigenvalue weighted by Crippen LogP contribution is 2.28. The second kappa shape index (κ2) is 7.17. The summed E-state index contributed by atoms with van der Waals surface area (Å²) < 4.78 is 1.02. The molecule has 1 aromatic heterocycles. The van der Waals surface area contributed by atoms with Crippen LogP contribution in [0.15, 0.2) is 42.5 Å². The SMILES string of the molecule is Cc1cccc2sc(NC(=O)N[C@H]3CC(=O)N(c4ccc(Cl)cc4)C3)nc12. The molecule has 2 N–H and O–H groups in total. The average molecular weight is 401 g/mol. The van der Waals surface area contributed by atoms with Crippen LogP contribution < -0.4 is 15.5 Å². The number of carbonyl (C=O) groups is 2. The zero-order valence-corrected chi connectivity index (χ0v) is 16.1. The van der Waals surface area contributed by atoms with Gasteiger partial charge in [0, 0.05) is 23.7 Å². The van der Waals surface area contributed by atoms with Crippen molar-refractivity contribution in [2.75, 3.05) is 16.8 Å². The Kier molecular flexibility index (Phi) is 4.72. The van der Waals surface area contributed by atoms with Crippen molar-refractivity contribution in [3.8, 4) is 0 Å². The fraction of sp³-hybridized carbons (Fsp3) is 0.211. The molecule has 0 radical (unpaired) electrons. The molecule has 27 heavy (non-hydrogen) atoms. The first kappa shape index (κ1) is 17.8. The Morgan fingerprint density at radius 1 is 1.26 bits per heavy atom. The lowest BCUT2D eigenvalue weighted by Gasteiger charge is -2.17. The van der Waals surface area contributed by atoms with Crippen molar-refractivity contribution in [1.29, 1.82) is 0 Å². The number of amides is 3. The summed E-state index contributed by atoms with van der Waals surface area (Å²) in [4.78, 5) is 30.7. The number of aryl methyl sites for hydroxylation is 1. The molecule has 0 unspecified atom stereocenters. The number of rotatable bonds is 3. The minimum atomic E-state index is -0.359. The van der Waals surface area contributed by atoms with Crippen molar-refractivity contribution in [1.82, 2.24) is 10.3 Å². The van der Waals surface area contributed by atoms with Crippen molar-refractivity contribution < 1.29 is 9.59 Å². The van der Waals surface area contributed by atoms with Crippen molar-refractivity contribution >= 4 is 55.9 Å². The summed E-state index contributed by atoms with van der Waals surface area (Å²) in [6, 6.07) is 12.4. The maximum Gasteiger partial charge on any atom is 0.321 e. The standard InChI is InChI=1S/C19H17ClN4O2S/c1-11-3-2-4-15-17(11)22-19(27-15)23-18(26)21-13-9-16(25)24(10-13)14-7-5-12(20)6-8-14/h2-8,13H,9-10H2,1H3,(H2,21,22,23,26)/t13-/m0/s1. The summed E-state index contributed by atoms with van der Waals surface area (Å²) in [6.45, 7) is 2.41. The first-order valence-electron chi connectivity index (χ1n) is 8.49. The number of nitrogens with one attached hydrogen (secondary N) is 2. The van der Waals surface area contributed by atoms with E-state index in [-0.39, 0.29) is 24.4 Å². The number of hydrogen-bond donors (Lipinski definition) is 2. The Labute approximate surface area is 165 Å². The lowest BCUT2D eigenvalue weighted by molar-refractivity contribution is -0.117. The predicted molar refractivity (Wildman–Crippen MR) is 109 cm³/mol. The number of carbonyl (C=O) groups excluding carboxylic acids is 2. The molecule has 3 amide bonds. The molecule has 0 bridgehead atoms. The molecule has 8 heteroatoms. The second-order valence-corrected chi connectivity index (χ2v) is 7.89. The highest BCUT2D eigenvalue weighted by molar-refractivity contribution is 7.22. The van der Waals surface area contributed by atoms with Gasteiger partial charge in [0.25, 0.3) is 0 Å². The predicted octanol–water partition coefficient (Wildman–Crippen LogP) is 4.19. The third kappa shape index (κ3) is 3.74. The van der Waals surface area contributed by atoms with Crippen LogP contribution in [0.2, 0.25) is 5.02 Å². The summed E-state index contributed by atoms with van der Waals surface area (Å²) in [7, 11) is 0. The van der Waals surface area contributed by atoms with Crippen molar-refractivity contribution in [2.24, 2.45) is 0 Å². The van der Waals surface area contributed by atoms with Gasteiger partial charge in [0.15, 0.2) is 5.13 Å². The number of thiazole rings is 1. The van der Waals surface area contributed by atoms with E-state index in [4.69, 9.17) is 11.6 Å². The van der Waals surface area contributed by atoms with Crippen LogP contribution in [0.5, 0.6) is 0 Å². The summed E-state index contributed by atoms with van der Waals surface area (Å²) in [5, 5.41) is 6.78. The summed E-state index contributed by atoms with van der Waals surface area (Å²) >= 11 is 7.32. The van der Waals surface area contributed by atoms with E-state index >= 15 is 0 Å². The first-order valence-corrected chi connectivity index (χ1v) is 9.68. The quantitative estimate of drug-likeness (QED) is 0.692. The zero-order chi connectivity index (χ0) is 19.0. The number of urea groups is 1. The molecule has 0 saturated carbocycles. The smallest absolute Gasteiger partial charge is 0.321 e. The van der Waals surface area contributed by atoms with E-state index in [0.717, 1.165) is 21.5 Å². The first-order chi connectivity index (χ1) is 13.0. The van der Waals surface area contributed by atoms with Crippen LogP contribution in [-0.4, -0.2) is 29.5 Å². The van der Waals surface area contributed by atoms with E-state index in [1.54, 1.807) is 29.2 Å². The minimum Gasteiger partial charge on any atom is -0.333 e. The lowest BCUT2D eigenvalue weighted by atomic mass is 10.2. The zero-order valence-electron chi connectivity index (χ0n) is 14.5. The van der Waals surface area contributed by atoms with Gasteiger partial charge < -0.3 is 10.2 Å². The maximum absolute atomic E-state index is 12.3. The summed E-state index contributed by atoms with van der Waals surface area (Å²) in [6.07, 6.45) is 0.259. The van der Waals surface area contributed by atoms with Crippen molar-refractivity contribution in [2.45, 2.75) is 19.4 Å². The van der Waals surface area contributed by atoms with E-state index < -0.39 is 0 Å². The van der Waals surface area contributed by atoms with Crippen molar-refractivity contribution in [3.05, 3.63) is 53.1 Å². The van der Waals surface area contributed by atoms with Gasteiger partial charge in [-0.1, -0.05) is 35.1 Å². The highest BCUT2D eigenvalue weighted by Gasteiger charge is 2.31. The molecule has 138 valence electrons. The van der Waals surface area contributed by atoms with Crippen LogP contribution in [0.3, 0.4) is 0 Å². The van der Waals surface area contributed by atoms with Gasteiger partial charge in [0.05, 0.1) is 16.3 Å². The Balaban J connectivity index is 1.40. The van der Waals surface area contributed by atoms with E-state index in [1.165, 1.54) is 11.3 Å². The van der Waals surface area contributed by atoms with Crippen LogP contribution in [0, 0.1) is 6.92 Å². The number of para-hydroxylation sites is 1. The maximum atomic E-state index is 12.3. The number of fused-ring (bicyclic) bond motifs is 1. The topological polar surface area (TPSA) is 74.3 Å². The molecule has 3 aromatic rings. The van der Waals surface area contributed by atoms with Gasteiger partial charge in [-0.25, -0.2) is 9.78 Å². The molecular weight excluding hydrogens is 384 g/mol. The molecule has 1 aliphatic rings. The number of benzene rings is 2. The van der Waals surface area contributed by atoms with Gasteiger partial charge in [-0.3, -0.25) is 10.1 Å². The van der Waals surface area contributed by atoms with E-state index in [2.05, 4.69) is 15.6 Å². The van der Waals surface area contributed by atoms with Crippen LogP contribution in [0.1, 0.15) is 12.0 Å². The molecule has 2 aromatic carbocycles. The highest BCUT2D eigenvalue weighted by atomic mass is 35.5. The fourth-order valence-corrected chi connectivity index (χ4v) is 4.20. The Hall–Kier alpha value is -2.64. The van der Waals surface area contributed by atoms with Crippen LogP contribution in [0.25, 0.3) is 10.2 Å². The summed E-state index contributed by atoms with van der Waals surface area (Å²) in [5.74, 6) is -0.0294. The molecule has 1 fully saturated rings. The molecule has 4 rings (SSSR count). The normalized spacial score (nSPS) is 16.7. The summed E-state index contributed by atoms with van der Waals surface area (Å²) in [5.41, 5.74) is 2.73. The number of anilines is 2. The largest absolute Gasteiger partial charge is 0.333 e. The third-order valence-corrected chi connectivity index (χ3v) is 5.63. The monoisotopic (exact) mass is 400 g/mol. The minimum absolute atomic E-state index is 0.0294. The van der Waals surface area contributed by atoms with Crippen LogP contribution >= 0.6 is 22.9 Å². The number of nitrogens with zero attached hydrogens (tertiary/aromatic N) is 2. The van der Waals surface area contributed by atoms with E-state index in [0.29, 0.717) is 16.7 Å². The second-order valence-electron chi connectivity index (χ2n) is 6.42. The number of aromatic nitrogens is 1. The van der Waals surface area contributed by atoms with E-state index in [9.17, 15) is 9.59 Å². The molecule has 0 aliphatic carbocycles. The van der Waals surface area contributed by atoms with Gasteiger partial charge in [0.2, 0.25) is 5.91 Å². The molecule has 1 saturated heterocycles. The Morgan fingerprint density at radius 3 is 2.78 bits per heavy atom. The molecular formula is C19H17ClN4O2S. The van der Waals surface area contributed by atoms with Crippen LogP contribution in [-0.2, 0) is 4.79 Å². The Bertz CT molecular complexity index is 1020. The van der Waals surface area contributed by atoms with Gasteiger partial charge in [0.1, 0.15) is 0 Å². The molecule has 2 heterocycles. The fourth-order valence-electron chi connectivity index (χ4n) is 3.13. The van der Waals surface area contributed by atoms with Gasteiger partial charge in [-0.15, -0.1) is 0 Å².